The third-order valence-corrected chi connectivity index (χ3v) is 11.2. The molecule has 2 aromatic heterocycles. The fourth-order valence-corrected chi connectivity index (χ4v) is 8.39. The Hall–Kier alpha value is -7.43. The molecule has 2 heterocycles. The monoisotopic (exact) mass is 744 g/mol. The van der Waals surface area contributed by atoms with Gasteiger partial charge in [-0.1, -0.05) is 170 Å². The van der Waals surface area contributed by atoms with E-state index >= 15 is 0 Å². The Bertz CT molecular complexity index is 2990. The van der Waals surface area contributed by atoms with Crippen molar-refractivity contribution in [1.82, 2.24) is 19.5 Å². The van der Waals surface area contributed by atoms with Gasteiger partial charge in [-0.05, 0) is 83.5 Å². The second kappa shape index (κ2) is 15.2. The molecule has 10 rings (SSSR count). The number of fused-ring (bicyclic) bond motifs is 3. The van der Waals surface area contributed by atoms with Crippen molar-refractivity contribution >= 4 is 21.8 Å². The van der Waals surface area contributed by atoms with E-state index in [0.717, 1.165) is 35.2 Å². The van der Waals surface area contributed by atoms with Crippen LogP contribution in [0.3, 0.4) is 0 Å². The van der Waals surface area contributed by atoms with Crippen LogP contribution in [0.5, 0.6) is 0 Å². The van der Waals surface area contributed by atoms with Gasteiger partial charge in [0, 0.05) is 38.7 Å². The van der Waals surface area contributed by atoms with Gasteiger partial charge in [-0.25, -0.2) is 15.0 Å². The molecule has 0 atom stereocenters. The number of benzene rings is 8. The van der Waals surface area contributed by atoms with Crippen molar-refractivity contribution in [3.63, 3.8) is 0 Å². The summed E-state index contributed by atoms with van der Waals surface area (Å²) in [6, 6.07) is 70.8. The van der Waals surface area contributed by atoms with Gasteiger partial charge in [0.1, 0.15) is 0 Å². The number of para-hydroxylation sites is 2. The second-order valence-corrected chi connectivity index (χ2v) is 14.8. The van der Waals surface area contributed by atoms with E-state index in [4.69, 9.17) is 15.0 Å². The van der Waals surface area contributed by atoms with Crippen molar-refractivity contribution in [3.8, 4) is 62.1 Å². The summed E-state index contributed by atoms with van der Waals surface area (Å²) in [5, 5.41) is 2.50. The summed E-state index contributed by atoms with van der Waals surface area (Å²) in [7, 11) is 0. The fourth-order valence-electron chi connectivity index (χ4n) is 8.39. The number of hydrogen-bond donors (Lipinski definition) is 0. The maximum absolute atomic E-state index is 5.00. The molecule has 0 amide bonds. The lowest BCUT2D eigenvalue weighted by Crippen LogP contribution is -2.01. The minimum absolute atomic E-state index is 0.665. The maximum Gasteiger partial charge on any atom is 0.164 e. The highest BCUT2D eigenvalue weighted by molar-refractivity contribution is 6.16. The van der Waals surface area contributed by atoms with E-state index in [1.807, 2.05) is 60.7 Å². The first-order valence-electron chi connectivity index (χ1n) is 19.9. The van der Waals surface area contributed by atoms with Gasteiger partial charge >= 0.3 is 0 Å². The number of aromatic nitrogens is 4. The molecular formula is C54H40N4. The fraction of sp³-hybridized carbons (Fsp3) is 0.0556. The van der Waals surface area contributed by atoms with Gasteiger partial charge in [-0.2, -0.15) is 0 Å². The Labute approximate surface area is 338 Å². The Kier molecular flexibility index (Phi) is 9.21. The quantitative estimate of drug-likeness (QED) is 0.148. The number of rotatable bonds is 9. The zero-order valence-electron chi connectivity index (χ0n) is 32.3. The van der Waals surface area contributed by atoms with E-state index in [2.05, 4.69) is 151 Å². The van der Waals surface area contributed by atoms with Crippen LogP contribution < -0.4 is 0 Å². The molecule has 0 unspecified atom stereocenters. The zero-order chi connectivity index (χ0) is 38.8. The summed E-state index contributed by atoms with van der Waals surface area (Å²) in [6.07, 6.45) is 1.75. The van der Waals surface area contributed by atoms with Crippen molar-refractivity contribution in [3.05, 3.63) is 217 Å². The van der Waals surface area contributed by atoms with Gasteiger partial charge in [-0.15, -0.1) is 0 Å². The third kappa shape index (κ3) is 6.55. The van der Waals surface area contributed by atoms with Crippen LogP contribution in [-0.4, -0.2) is 19.5 Å². The average molecular weight is 745 g/mol. The zero-order valence-corrected chi connectivity index (χ0v) is 32.3. The van der Waals surface area contributed by atoms with Gasteiger partial charge in [0.25, 0.3) is 0 Å². The lowest BCUT2D eigenvalue weighted by Gasteiger charge is -2.19. The van der Waals surface area contributed by atoms with Crippen molar-refractivity contribution in [2.45, 2.75) is 19.8 Å². The van der Waals surface area contributed by atoms with E-state index in [-0.39, 0.29) is 0 Å². The Balaban J connectivity index is 1.06. The molecule has 0 N–H and O–H groups in total. The summed E-state index contributed by atoms with van der Waals surface area (Å²) in [5.41, 5.74) is 15.3. The van der Waals surface area contributed by atoms with Gasteiger partial charge in [0.05, 0.1) is 11.0 Å². The number of aryl methyl sites for hydroxylation is 2. The molecule has 4 heteroatoms. The van der Waals surface area contributed by atoms with E-state index < -0.39 is 0 Å². The van der Waals surface area contributed by atoms with Crippen molar-refractivity contribution in [1.29, 1.82) is 0 Å². The standard InChI is InChI=1S/C54H40N4/c1-37-47(36-48-46-31-16-17-32-49(46)58(44-28-12-5-13-29-44)51(48)50(37)40-21-6-2-7-22-40)45-30-15-14-20-39(45)34-33-38-19-18-27-43(35-38)54-56-52(41-23-8-3-9-24-41)55-53(57-54)42-25-10-4-11-26-42/h2-32,35-36H,33-34H2,1H3. The SMILES string of the molecule is Cc1c(-c2ccccc2CCc2cccc(-c3nc(-c4ccccc4)nc(-c4ccccc4)n3)c2)cc2c3ccccc3n(-c3ccccc3)c2c1-c1ccccc1. The molecule has 0 aliphatic carbocycles. The summed E-state index contributed by atoms with van der Waals surface area (Å²) in [4.78, 5) is 14.9. The predicted molar refractivity (Wildman–Crippen MR) is 240 cm³/mol. The van der Waals surface area contributed by atoms with Crippen molar-refractivity contribution in [2.24, 2.45) is 0 Å². The molecule has 0 aliphatic heterocycles. The van der Waals surface area contributed by atoms with Gasteiger partial charge < -0.3 is 4.57 Å². The van der Waals surface area contributed by atoms with Crippen molar-refractivity contribution in [2.75, 3.05) is 0 Å². The van der Waals surface area contributed by atoms with Crippen LogP contribution in [0.15, 0.2) is 200 Å². The molecule has 0 radical (unpaired) electrons. The largest absolute Gasteiger partial charge is 0.309 e. The first kappa shape index (κ1) is 35.0. The van der Waals surface area contributed by atoms with E-state index in [1.54, 1.807) is 0 Å². The molecule has 0 saturated heterocycles. The summed E-state index contributed by atoms with van der Waals surface area (Å²) >= 11 is 0. The molecule has 0 fully saturated rings. The summed E-state index contributed by atoms with van der Waals surface area (Å²) < 4.78 is 2.45. The van der Waals surface area contributed by atoms with Gasteiger partial charge in [-0.3, -0.25) is 0 Å². The minimum atomic E-state index is 0.665. The predicted octanol–water partition coefficient (Wildman–Crippen LogP) is 13.4. The molecule has 276 valence electrons. The Morgan fingerprint density at radius 1 is 0.414 bits per heavy atom. The number of hydrogen-bond acceptors (Lipinski definition) is 3. The van der Waals surface area contributed by atoms with Crippen LogP contribution >= 0.6 is 0 Å². The lowest BCUT2D eigenvalue weighted by atomic mass is 9.87. The van der Waals surface area contributed by atoms with E-state index in [0.29, 0.717) is 17.5 Å². The van der Waals surface area contributed by atoms with E-state index in [9.17, 15) is 0 Å². The van der Waals surface area contributed by atoms with Crippen LogP contribution in [0.25, 0.3) is 83.9 Å². The molecule has 4 nitrogen and oxygen atoms in total. The first-order valence-corrected chi connectivity index (χ1v) is 19.9. The maximum atomic E-state index is 5.00. The van der Waals surface area contributed by atoms with Crippen LogP contribution in [0.4, 0.5) is 0 Å². The van der Waals surface area contributed by atoms with E-state index in [1.165, 1.54) is 60.8 Å². The minimum Gasteiger partial charge on any atom is -0.309 e. The molecule has 8 aromatic carbocycles. The smallest absolute Gasteiger partial charge is 0.164 e. The van der Waals surface area contributed by atoms with Crippen LogP contribution in [0, 0.1) is 6.92 Å². The molecule has 58 heavy (non-hydrogen) atoms. The topological polar surface area (TPSA) is 43.6 Å². The van der Waals surface area contributed by atoms with Crippen molar-refractivity contribution < 1.29 is 0 Å². The normalized spacial score (nSPS) is 11.3. The highest BCUT2D eigenvalue weighted by Crippen LogP contribution is 2.44. The molecule has 0 aliphatic rings. The lowest BCUT2D eigenvalue weighted by molar-refractivity contribution is 0.961. The van der Waals surface area contributed by atoms with Crippen LogP contribution in [-0.2, 0) is 12.8 Å². The summed E-state index contributed by atoms with van der Waals surface area (Å²) in [5.74, 6) is 2.00. The molecule has 10 aromatic rings. The Morgan fingerprint density at radius 3 is 1.62 bits per heavy atom. The molecule has 0 bridgehead atoms. The number of nitrogens with zero attached hydrogens (tertiary/aromatic N) is 4. The second-order valence-electron chi connectivity index (χ2n) is 14.8. The van der Waals surface area contributed by atoms with Crippen LogP contribution in [0.1, 0.15) is 16.7 Å². The van der Waals surface area contributed by atoms with Gasteiger partial charge in [0.15, 0.2) is 17.5 Å². The molecule has 0 spiro atoms. The highest BCUT2D eigenvalue weighted by Gasteiger charge is 2.22. The first-order chi connectivity index (χ1) is 28.7. The van der Waals surface area contributed by atoms with Crippen LogP contribution in [0.2, 0.25) is 0 Å². The average Bonchev–Trinajstić information content (AvgIpc) is 3.63. The Morgan fingerprint density at radius 2 is 0.948 bits per heavy atom. The third-order valence-electron chi connectivity index (χ3n) is 11.2. The summed E-state index contributed by atoms with van der Waals surface area (Å²) in [6.45, 7) is 2.30. The molecular weight excluding hydrogens is 705 g/mol. The van der Waals surface area contributed by atoms with Gasteiger partial charge in [0.2, 0.25) is 0 Å². The molecule has 0 saturated carbocycles. The highest BCUT2D eigenvalue weighted by atomic mass is 15.0.